The molecule has 1 aliphatic heterocycles. The largest absolute Gasteiger partial charge is 0.507 e. The number of phenolic OH excluding ortho intramolecular Hbond substituents is 1. The molecule has 57 heavy (non-hydrogen) atoms. The highest BCUT2D eigenvalue weighted by atomic mass is 16.5. The maximum absolute atomic E-state index is 13.1. The van der Waals surface area contributed by atoms with Crippen LogP contribution in [0.3, 0.4) is 0 Å². The molecule has 2 aliphatic carbocycles. The minimum absolute atomic E-state index is 0.0208. The number of carbonyl (C=O) groups is 3. The molecule has 0 saturated heterocycles. The Labute approximate surface area is 331 Å². The molecule has 3 aliphatic rings. The van der Waals surface area contributed by atoms with E-state index in [4.69, 9.17) is 17.9 Å². The topological polar surface area (TPSA) is 115 Å². The lowest BCUT2D eigenvalue weighted by molar-refractivity contribution is 0.0247. The Kier molecular flexibility index (Phi) is 11.1. The molecule has 9 heteroatoms. The molecule has 0 radical (unpaired) electrons. The summed E-state index contributed by atoms with van der Waals surface area (Å²) in [7, 11) is 0. The van der Waals surface area contributed by atoms with E-state index in [1.54, 1.807) is 48.8 Å². The van der Waals surface area contributed by atoms with Gasteiger partial charge >= 0.3 is 0 Å². The van der Waals surface area contributed by atoms with Crippen molar-refractivity contribution < 1.29 is 24.2 Å². The van der Waals surface area contributed by atoms with Crippen LogP contribution in [0.15, 0.2) is 122 Å². The molecule has 280 valence electrons. The highest BCUT2D eigenvalue weighted by Gasteiger charge is 2.45. The first-order valence-corrected chi connectivity index (χ1v) is 18.8. The van der Waals surface area contributed by atoms with Crippen molar-refractivity contribution in [3.63, 3.8) is 0 Å². The van der Waals surface area contributed by atoms with Crippen LogP contribution >= 0.6 is 0 Å². The molecule has 0 fully saturated rings. The van der Waals surface area contributed by atoms with Crippen LogP contribution in [0.25, 0.3) is 31.9 Å². The molecule has 0 amide bonds. The zero-order valence-electron chi connectivity index (χ0n) is 31.4. The molecule has 1 unspecified atom stereocenters. The number of ether oxygens (including phenoxy) is 1. The van der Waals surface area contributed by atoms with Gasteiger partial charge in [0.1, 0.15) is 17.1 Å². The summed E-state index contributed by atoms with van der Waals surface area (Å²) in [6.07, 6.45) is 9.23. The number of fused-ring (bicyclic) bond motifs is 4. The normalized spacial score (nSPS) is 16.1. The van der Waals surface area contributed by atoms with Gasteiger partial charge in [-0.3, -0.25) is 24.4 Å². The van der Waals surface area contributed by atoms with E-state index in [1.165, 1.54) is 13.0 Å². The van der Waals surface area contributed by atoms with E-state index >= 15 is 0 Å². The van der Waals surface area contributed by atoms with Crippen molar-refractivity contribution in [3.05, 3.63) is 178 Å². The van der Waals surface area contributed by atoms with Gasteiger partial charge in [0.15, 0.2) is 28.7 Å². The summed E-state index contributed by atoms with van der Waals surface area (Å²) in [5.41, 5.74) is 8.85. The van der Waals surface area contributed by atoms with Gasteiger partial charge in [-0.15, -0.1) is 0 Å². The smallest absolute Gasteiger partial charge is 0.187 e. The predicted molar refractivity (Wildman–Crippen MR) is 218 cm³/mol. The Morgan fingerprint density at radius 2 is 1.32 bits per heavy atom. The lowest BCUT2D eigenvalue weighted by Gasteiger charge is -2.41. The maximum Gasteiger partial charge on any atom is 0.187 e. The van der Waals surface area contributed by atoms with Crippen LogP contribution < -0.4 is 4.74 Å². The number of pyridine rings is 2. The van der Waals surface area contributed by atoms with Crippen molar-refractivity contribution >= 4 is 28.7 Å². The number of aryl methyl sites for hydroxylation is 2. The van der Waals surface area contributed by atoms with E-state index in [2.05, 4.69) is 19.7 Å². The van der Waals surface area contributed by atoms with Crippen LogP contribution in [0, 0.1) is 13.1 Å². The number of ketones is 3. The monoisotopic (exact) mass is 750 g/mol. The van der Waals surface area contributed by atoms with E-state index in [0.29, 0.717) is 41.1 Å². The number of aromatic hydroxyl groups is 1. The fourth-order valence-corrected chi connectivity index (χ4v) is 7.59. The van der Waals surface area contributed by atoms with Gasteiger partial charge < -0.3 is 9.84 Å². The van der Waals surface area contributed by atoms with Gasteiger partial charge in [-0.1, -0.05) is 54.6 Å². The van der Waals surface area contributed by atoms with Crippen molar-refractivity contribution in [1.29, 1.82) is 0 Å². The highest BCUT2D eigenvalue weighted by Crippen LogP contribution is 2.46. The van der Waals surface area contributed by atoms with Gasteiger partial charge in [0.25, 0.3) is 0 Å². The van der Waals surface area contributed by atoms with Crippen LogP contribution in [0.1, 0.15) is 87.1 Å². The van der Waals surface area contributed by atoms with Crippen molar-refractivity contribution in [1.82, 2.24) is 9.97 Å². The van der Waals surface area contributed by atoms with Gasteiger partial charge in [0.2, 0.25) is 0 Å². The van der Waals surface area contributed by atoms with Gasteiger partial charge in [0, 0.05) is 35.6 Å². The number of nitrogens with zero attached hydrogens (tertiary/aromatic N) is 4. The molecule has 4 aromatic carbocycles. The van der Waals surface area contributed by atoms with Crippen molar-refractivity contribution in [2.45, 2.75) is 57.5 Å². The second-order valence-electron chi connectivity index (χ2n) is 14.1. The van der Waals surface area contributed by atoms with E-state index in [1.807, 2.05) is 66.7 Å². The molecule has 0 bridgehead atoms. The summed E-state index contributed by atoms with van der Waals surface area (Å²) in [5.74, 6) is 0.779. The molecule has 0 saturated carbocycles. The molecular formula is C48H38N4O5. The number of hydrogen-bond acceptors (Lipinski definition) is 7. The Bertz CT molecular complexity index is 2620. The molecule has 1 N–H and O–H groups in total. The van der Waals surface area contributed by atoms with Crippen molar-refractivity contribution in [3.8, 4) is 33.8 Å². The first-order valence-electron chi connectivity index (χ1n) is 18.8. The lowest BCUT2D eigenvalue weighted by Crippen LogP contribution is -2.42. The average molecular weight is 751 g/mol. The molecular weight excluding hydrogens is 713 g/mol. The summed E-state index contributed by atoms with van der Waals surface area (Å²) >= 11 is 0. The van der Waals surface area contributed by atoms with Crippen LogP contribution in [-0.4, -0.2) is 32.4 Å². The number of phenols is 1. The van der Waals surface area contributed by atoms with Gasteiger partial charge in [-0.05, 0) is 116 Å². The Hall–Kier alpha value is -7.23. The standard InChI is InChI=1S/C24H18N2O2.C15H11NO2.C9H9NO/c1-25-18-6-2-5-16(13-18)17-9-10-23-19(14-17)22(27)15-24(28-23)11-3-8-21-20(24)7-4-12-26-21;1-10(17)14-9-12(6-7-15(14)18)11-4-3-5-13(8-11)16-2;11-9-5-1-4-8-7(9)3-2-6-10-8/h2,4-7,9-10,12-14H,3,8,11,15H2;3-9,18H,1H3;2-3,6H,1,4-5H2. The maximum atomic E-state index is 13.1. The van der Waals surface area contributed by atoms with Crippen LogP contribution in [-0.2, 0) is 18.4 Å². The fraction of sp³-hybridized carbons (Fsp3) is 0.188. The Morgan fingerprint density at radius 1 is 0.684 bits per heavy atom. The molecule has 6 aromatic rings. The lowest BCUT2D eigenvalue weighted by atomic mass is 9.75. The second-order valence-corrected chi connectivity index (χ2v) is 14.1. The number of Topliss-reactive ketones (excluding diaryl/α,β-unsaturated/α-hetero) is 3. The minimum atomic E-state index is -0.600. The molecule has 1 atom stereocenters. The van der Waals surface area contributed by atoms with Gasteiger partial charge in [0.05, 0.1) is 36.4 Å². The third-order valence-corrected chi connectivity index (χ3v) is 10.4. The summed E-state index contributed by atoms with van der Waals surface area (Å²) in [6.45, 7) is 15.6. The zero-order chi connectivity index (χ0) is 39.9. The van der Waals surface area contributed by atoms with E-state index < -0.39 is 5.60 Å². The summed E-state index contributed by atoms with van der Waals surface area (Å²) < 4.78 is 6.48. The number of aromatic nitrogens is 2. The van der Waals surface area contributed by atoms with Gasteiger partial charge in [-0.25, -0.2) is 9.69 Å². The molecule has 9 nitrogen and oxygen atoms in total. The first-order chi connectivity index (χ1) is 27.7. The Morgan fingerprint density at radius 3 is 2.00 bits per heavy atom. The van der Waals surface area contributed by atoms with Crippen LogP contribution in [0.4, 0.5) is 11.4 Å². The molecule has 1 spiro atoms. The predicted octanol–water partition coefficient (Wildman–Crippen LogP) is 10.9. The first kappa shape index (κ1) is 38.1. The number of carbonyl (C=O) groups excluding carboxylic acids is 3. The SMILES string of the molecule is O=C1CCCc2ncccc21.[C-]#[N+]c1cccc(-c2ccc(O)c(C(C)=O)c2)c1.[C-]#[N+]c1cccc(-c2ccc3c(c2)C(=O)CC2(CCCc4ncccc42)O3)c1. The third kappa shape index (κ3) is 8.24. The number of rotatable bonds is 3. The summed E-state index contributed by atoms with van der Waals surface area (Å²) in [4.78, 5) is 51.2. The fourth-order valence-electron chi connectivity index (χ4n) is 7.59. The van der Waals surface area contributed by atoms with Crippen LogP contribution in [0.2, 0.25) is 0 Å². The van der Waals surface area contributed by atoms with E-state index in [0.717, 1.165) is 76.9 Å². The third-order valence-electron chi connectivity index (χ3n) is 10.4. The number of hydrogen-bond donors (Lipinski definition) is 1. The van der Waals surface area contributed by atoms with Crippen molar-refractivity contribution in [2.75, 3.05) is 0 Å². The zero-order valence-corrected chi connectivity index (χ0v) is 31.4. The quantitative estimate of drug-likeness (QED) is 0.141. The summed E-state index contributed by atoms with van der Waals surface area (Å²) in [5, 5.41) is 9.58. The molecule has 3 heterocycles. The molecule has 9 rings (SSSR count). The van der Waals surface area contributed by atoms with E-state index in [-0.39, 0.29) is 23.1 Å². The van der Waals surface area contributed by atoms with Gasteiger partial charge in [-0.2, -0.15) is 0 Å². The van der Waals surface area contributed by atoms with Crippen molar-refractivity contribution in [2.24, 2.45) is 0 Å². The summed E-state index contributed by atoms with van der Waals surface area (Å²) in [6, 6.07) is 32.8. The Balaban J connectivity index is 0.000000146. The average Bonchev–Trinajstić information content (AvgIpc) is 3.24. The van der Waals surface area contributed by atoms with E-state index in [9.17, 15) is 19.5 Å². The molecule has 2 aromatic heterocycles. The second kappa shape index (κ2) is 16.6. The number of benzene rings is 4. The minimum Gasteiger partial charge on any atom is -0.507 e. The highest BCUT2D eigenvalue weighted by molar-refractivity contribution is 6.02. The van der Waals surface area contributed by atoms with Crippen LogP contribution in [0.5, 0.6) is 11.5 Å².